The zero-order chi connectivity index (χ0) is 9.78. The maximum Gasteiger partial charge on any atom is 0.0784 e. The van der Waals surface area contributed by atoms with Gasteiger partial charge in [-0.25, -0.2) is 0 Å². The van der Waals surface area contributed by atoms with Crippen LogP contribution in [0.1, 0.15) is 41.5 Å². The van der Waals surface area contributed by atoms with Crippen molar-refractivity contribution in [2.24, 2.45) is 0 Å². The maximum absolute atomic E-state index is 5.57. The molecule has 0 heterocycles. The largest absolute Gasteiger partial charge is 0.373 e. The lowest BCUT2D eigenvalue weighted by Gasteiger charge is -2.23. The van der Waals surface area contributed by atoms with Crippen molar-refractivity contribution in [3.05, 3.63) is 0 Å². The smallest absolute Gasteiger partial charge is 0.0784 e. The summed E-state index contributed by atoms with van der Waals surface area (Å²) < 4.78 is 11.1. The first kappa shape index (κ1) is 11.9. The average molecular weight is 174 g/mol. The Kier molecular flexibility index (Phi) is 4.80. The van der Waals surface area contributed by atoms with E-state index in [9.17, 15) is 0 Å². The van der Waals surface area contributed by atoms with Crippen molar-refractivity contribution < 1.29 is 9.47 Å². The summed E-state index contributed by atoms with van der Waals surface area (Å²) in [4.78, 5) is 0. The lowest BCUT2D eigenvalue weighted by molar-refractivity contribution is -0.0810. The Morgan fingerprint density at radius 2 is 1.58 bits per heavy atom. The van der Waals surface area contributed by atoms with Gasteiger partial charge in [-0.3, -0.25) is 0 Å². The fourth-order valence-electron chi connectivity index (χ4n) is 0.871. The lowest BCUT2D eigenvalue weighted by Crippen LogP contribution is -2.27. The van der Waals surface area contributed by atoms with Gasteiger partial charge in [0.05, 0.1) is 24.4 Å². The minimum atomic E-state index is -0.0609. The van der Waals surface area contributed by atoms with Crippen LogP contribution in [0.3, 0.4) is 0 Å². The first-order valence-corrected chi connectivity index (χ1v) is 4.60. The molecule has 0 bridgehead atoms. The van der Waals surface area contributed by atoms with Gasteiger partial charge in [-0.15, -0.1) is 0 Å². The molecule has 2 heteroatoms. The van der Waals surface area contributed by atoms with Gasteiger partial charge in [-0.2, -0.15) is 0 Å². The second-order valence-corrected chi connectivity index (χ2v) is 4.42. The van der Waals surface area contributed by atoms with Crippen LogP contribution in [0.25, 0.3) is 0 Å². The van der Waals surface area contributed by atoms with Crippen molar-refractivity contribution in [2.75, 3.05) is 6.61 Å². The van der Waals surface area contributed by atoms with Gasteiger partial charge in [0.1, 0.15) is 0 Å². The quantitative estimate of drug-likeness (QED) is 0.652. The van der Waals surface area contributed by atoms with E-state index < -0.39 is 0 Å². The minimum absolute atomic E-state index is 0.0609. The molecule has 12 heavy (non-hydrogen) atoms. The van der Waals surface area contributed by atoms with Crippen LogP contribution in [0.5, 0.6) is 0 Å². The van der Waals surface area contributed by atoms with Crippen LogP contribution in [-0.4, -0.2) is 24.4 Å². The Bertz CT molecular complexity index is 113. The summed E-state index contributed by atoms with van der Waals surface area (Å²) in [6.45, 7) is 12.9. The van der Waals surface area contributed by atoms with Crippen molar-refractivity contribution in [1.82, 2.24) is 0 Å². The number of ether oxygens (including phenoxy) is 2. The van der Waals surface area contributed by atoms with E-state index >= 15 is 0 Å². The highest BCUT2D eigenvalue weighted by Gasteiger charge is 2.13. The average Bonchev–Trinajstić information content (AvgIpc) is 1.80. The molecule has 74 valence electrons. The van der Waals surface area contributed by atoms with E-state index in [2.05, 4.69) is 20.8 Å². The molecule has 0 aliphatic heterocycles. The lowest BCUT2D eigenvalue weighted by atomic mass is 10.2. The minimum Gasteiger partial charge on any atom is -0.373 e. The second-order valence-electron chi connectivity index (χ2n) is 4.42. The van der Waals surface area contributed by atoms with E-state index in [1.807, 2.05) is 20.8 Å². The molecule has 1 atom stereocenters. The van der Waals surface area contributed by atoms with E-state index in [1.54, 1.807) is 0 Å². The molecule has 1 unspecified atom stereocenters. The summed E-state index contributed by atoms with van der Waals surface area (Å²) in [5.41, 5.74) is -0.0609. The highest BCUT2D eigenvalue weighted by molar-refractivity contribution is 4.60. The zero-order valence-corrected chi connectivity index (χ0v) is 9.18. The number of hydrogen-bond acceptors (Lipinski definition) is 2. The van der Waals surface area contributed by atoms with Crippen molar-refractivity contribution >= 4 is 0 Å². The standard InChI is InChI=1S/C10H22O2/c1-8(2)12-9(3)7-11-10(4,5)6/h8-9H,7H2,1-6H3. The fourth-order valence-corrected chi connectivity index (χ4v) is 0.871. The summed E-state index contributed by atoms with van der Waals surface area (Å²) in [6, 6.07) is 0. The normalized spacial score (nSPS) is 15.2. The summed E-state index contributed by atoms with van der Waals surface area (Å²) in [5, 5.41) is 0. The highest BCUT2D eigenvalue weighted by Crippen LogP contribution is 2.08. The van der Waals surface area contributed by atoms with Gasteiger partial charge in [0.25, 0.3) is 0 Å². The monoisotopic (exact) mass is 174 g/mol. The maximum atomic E-state index is 5.57. The first-order chi connectivity index (χ1) is 5.31. The van der Waals surface area contributed by atoms with Gasteiger partial charge in [0.15, 0.2) is 0 Å². The third kappa shape index (κ3) is 8.02. The Morgan fingerprint density at radius 1 is 1.08 bits per heavy atom. The Labute approximate surface area is 76.3 Å². The fraction of sp³-hybridized carbons (Fsp3) is 1.00. The molecule has 0 aliphatic rings. The van der Waals surface area contributed by atoms with Crippen LogP contribution in [0.4, 0.5) is 0 Å². The molecule has 0 radical (unpaired) electrons. The van der Waals surface area contributed by atoms with Crippen LogP contribution in [0.2, 0.25) is 0 Å². The molecular formula is C10H22O2. The van der Waals surface area contributed by atoms with Gasteiger partial charge in [-0.1, -0.05) is 0 Å². The van der Waals surface area contributed by atoms with Crippen molar-refractivity contribution in [3.63, 3.8) is 0 Å². The molecule has 0 aromatic heterocycles. The van der Waals surface area contributed by atoms with Gasteiger partial charge in [0.2, 0.25) is 0 Å². The zero-order valence-electron chi connectivity index (χ0n) is 9.18. The molecule has 0 aromatic rings. The summed E-state index contributed by atoms with van der Waals surface area (Å²) >= 11 is 0. The number of rotatable bonds is 4. The van der Waals surface area contributed by atoms with E-state index in [0.29, 0.717) is 6.61 Å². The van der Waals surface area contributed by atoms with E-state index in [4.69, 9.17) is 9.47 Å². The number of hydrogen-bond donors (Lipinski definition) is 0. The molecule has 0 saturated carbocycles. The van der Waals surface area contributed by atoms with Crippen LogP contribution >= 0.6 is 0 Å². The van der Waals surface area contributed by atoms with Gasteiger partial charge < -0.3 is 9.47 Å². The van der Waals surface area contributed by atoms with E-state index in [0.717, 1.165) is 0 Å². The highest BCUT2D eigenvalue weighted by atomic mass is 16.5. The summed E-state index contributed by atoms with van der Waals surface area (Å²) in [7, 11) is 0. The van der Waals surface area contributed by atoms with Gasteiger partial charge >= 0.3 is 0 Å². The predicted octanol–water partition coefficient (Wildman–Crippen LogP) is 2.62. The Balaban J connectivity index is 3.51. The third-order valence-corrected chi connectivity index (χ3v) is 1.26. The molecule has 0 rings (SSSR count). The van der Waals surface area contributed by atoms with Crippen molar-refractivity contribution in [1.29, 1.82) is 0 Å². The predicted molar refractivity (Wildman–Crippen MR) is 51.4 cm³/mol. The van der Waals surface area contributed by atoms with Gasteiger partial charge in [-0.05, 0) is 41.5 Å². The third-order valence-electron chi connectivity index (χ3n) is 1.26. The Morgan fingerprint density at radius 3 is 1.92 bits per heavy atom. The summed E-state index contributed by atoms with van der Waals surface area (Å²) in [6.07, 6.45) is 0.466. The molecule has 0 N–H and O–H groups in total. The van der Waals surface area contributed by atoms with Crippen molar-refractivity contribution in [2.45, 2.75) is 59.4 Å². The van der Waals surface area contributed by atoms with E-state index in [1.165, 1.54) is 0 Å². The molecule has 0 saturated heterocycles. The topological polar surface area (TPSA) is 18.5 Å². The van der Waals surface area contributed by atoms with Crippen molar-refractivity contribution in [3.8, 4) is 0 Å². The van der Waals surface area contributed by atoms with E-state index in [-0.39, 0.29) is 17.8 Å². The van der Waals surface area contributed by atoms with Crippen LogP contribution in [0, 0.1) is 0 Å². The molecular weight excluding hydrogens is 152 g/mol. The molecule has 2 nitrogen and oxygen atoms in total. The molecule has 0 aromatic carbocycles. The van der Waals surface area contributed by atoms with Crippen LogP contribution in [-0.2, 0) is 9.47 Å². The molecule has 0 aliphatic carbocycles. The second kappa shape index (κ2) is 4.83. The first-order valence-electron chi connectivity index (χ1n) is 4.60. The molecule has 0 fully saturated rings. The van der Waals surface area contributed by atoms with Crippen LogP contribution < -0.4 is 0 Å². The summed E-state index contributed by atoms with van der Waals surface area (Å²) in [5.74, 6) is 0. The SMILES string of the molecule is CC(C)OC(C)COC(C)(C)C. The molecule has 0 spiro atoms. The van der Waals surface area contributed by atoms with Crippen LogP contribution in [0.15, 0.2) is 0 Å². The Hall–Kier alpha value is -0.0800. The van der Waals surface area contributed by atoms with Gasteiger partial charge in [0, 0.05) is 0 Å². The molecule has 0 amide bonds.